The lowest BCUT2D eigenvalue weighted by Crippen LogP contribution is -2.55. The Morgan fingerprint density at radius 1 is 1.55 bits per heavy atom. The summed E-state index contributed by atoms with van der Waals surface area (Å²) in [4.78, 5) is 31.4. The zero-order chi connectivity index (χ0) is 15.7. The van der Waals surface area contributed by atoms with Crippen molar-refractivity contribution in [3.63, 3.8) is 0 Å². The van der Waals surface area contributed by atoms with E-state index in [9.17, 15) is 9.59 Å². The van der Waals surface area contributed by atoms with Crippen LogP contribution in [-0.4, -0.2) is 70.0 Å². The molecule has 1 aromatic rings. The van der Waals surface area contributed by atoms with Crippen LogP contribution in [0.5, 0.6) is 0 Å². The van der Waals surface area contributed by atoms with Crippen LogP contribution in [0, 0.1) is 0 Å². The fourth-order valence-corrected chi connectivity index (χ4v) is 3.28. The molecule has 3 amide bonds. The minimum atomic E-state index is -0.274. The van der Waals surface area contributed by atoms with Gasteiger partial charge in [0.25, 0.3) is 0 Å². The summed E-state index contributed by atoms with van der Waals surface area (Å²) >= 11 is 1.57. The van der Waals surface area contributed by atoms with E-state index < -0.39 is 0 Å². The Hall–Kier alpha value is -1.90. The van der Waals surface area contributed by atoms with E-state index in [1.807, 2.05) is 17.9 Å². The molecule has 1 unspecified atom stereocenters. The van der Waals surface area contributed by atoms with E-state index in [0.29, 0.717) is 32.8 Å². The molecule has 0 spiro atoms. The van der Waals surface area contributed by atoms with Crippen LogP contribution in [0.1, 0.15) is 5.69 Å². The van der Waals surface area contributed by atoms with Crippen molar-refractivity contribution >= 4 is 23.9 Å². The molecule has 0 saturated carbocycles. The van der Waals surface area contributed by atoms with E-state index >= 15 is 0 Å². The molecule has 2 aliphatic rings. The number of hydrogen-bond acceptors (Lipinski definition) is 5. The van der Waals surface area contributed by atoms with Gasteiger partial charge in [0.2, 0.25) is 0 Å². The molecule has 8 nitrogen and oxygen atoms in total. The first-order valence-electron chi connectivity index (χ1n) is 7.11. The minimum absolute atomic E-state index is 0.0215. The molecule has 2 saturated heterocycles. The van der Waals surface area contributed by atoms with Gasteiger partial charge in [-0.05, 0) is 6.26 Å². The predicted molar refractivity (Wildman–Crippen MR) is 80.6 cm³/mol. The molecule has 1 atom stereocenters. The molecular weight excluding hydrogens is 306 g/mol. The second-order valence-electron chi connectivity index (χ2n) is 5.32. The number of rotatable bonds is 3. The number of hydrogen-bond donors (Lipinski definition) is 1. The van der Waals surface area contributed by atoms with Gasteiger partial charge in [0.05, 0.1) is 24.5 Å². The average molecular weight is 325 g/mol. The Bertz CT molecular complexity index is 590. The molecule has 1 aromatic heterocycles. The highest BCUT2D eigenvalue weighted by atomic mass is 32.2. The highest BCUT2D eigenvalue weighted by Gasteiger charge is 2.38. The number of ether oxygens (including phenoxy) is 1. The largest absolute Gasteiger partial charge is 0.447 e. The van der Waals surface area contributed by atoms with Crippen molar-refractivity contribution in [1.82, 2.24) is 24.7 Å². The Labute approximate surface area is 132 Å². The normalized spacial score (nSPS) is 20.8. The second kappa shape index (κ2) is 6.07. The molecule has 0 radical (unpaired) electrons. The second-order valence-corrected chi connectivity index (χ2v) is 6.10. The molecule has 1 N–H and O–H groups in total. The number of imidazole rings is 1. The molecule has 0 aromatic carbocycles. The third kappa shape index (κ3) is 2.72. The highest BCUT2D eigenvalue weighted by Crippen LogP contribution is 2.18. The van der Waals surface area contributed by atoms with Gasteiger partial charge in [0, 0.05) is 26.7 Å². The SMILES string of the molecule is CSc1ncc(CNC(=O)N2CCN3C(=O)OCC3C2)n1C. The van der Waals surface area contributed by atoms with Crippen LogP contribution in [0.2, 0.25) is 0 Å². The number of carbonyl (C=O) groups excluding carboxylic acids is 2. The van der Waals surface area contributed by atoms with Crippen LogP contribution in [-0.2, 0) is 18.3 Å². The third-order valence-electron chi connectivity index (χ3n) is 4.05. The predicted octanol–water partition coefficient (Wildman–Crippen LogP) is 0.488. The number of nitrogens with zero attached hydrogens (tertiary/aromatic N) is 4. The lowest BCUT2D eigenvalue weighted by Gasteiger charge is -2.35. The Kier molecular flexibility index (Phi) is 4.14. The van der Waals surface area contributed by atoms with Crippen LogP contribution in [0.25, 0.3) is 0 Å². The Balaban J connectivity index is 1.54. The lowest BCUT2D eigenvalue weighted by atomic mass is 10.2. The van der Waals surface area contributed by atoms with E-state index in [1.165, 1.54) is 0 Å². The first kappa shape index (κ1) is 15.0. The first-order chi connectivity index (χ1) is 10.6. The number of fused-ring (bicyclic) bond motifs is 1. The average Bonchev–Trinajstić information content (AvgIpc) is 3.08. The van der Waals surface area contributed by atoms with Crippen LogP contribution in [0.15, 0.2) is 11.4 Å². The molecule has 3 heterocycles. The van der Waals surface area contributed by atoms with Gasteiger partial charge < -0.3 is 19.5 Å². The van der Waals surface area contributed by atoms with E-state index in [0.717, 1.165) is 10.9 Å². The fourth-order valence-electron chi connectivity index (χ4n) is 2.73. The monoisotopic (exact) mass is 325 g/mol. The standard InChI is InChI=1S/C13H19N5O3S/c1-16-9(6-15-12(16)22-2)5-14-11(19)17-3-4-18-10(7-17)8-21-13(18)20/h6,10H,3-5,7-8H2,1-2H3,(H,14,19). The molecule has 0 bridgehead atoms. The zero-order valence-electron chi connectivity index (χ0n) is 12.6. The van der Waals surface area contributed by atoms with Crippen LogP contribution < -0.4 is 5.32 Å². The Morgan fingerprint density at radius 2 is 2.36 bits per heavy atom. The van der Waals surface area contributed by atoms with E-state index in [1.54, 1.807) is 27.8 Å². The summed E-state index contributed by atoms with van der Waals surface area (Å²) in [6.45, 7) is 2.36. The van der Waals surface area contributed by atoms with E-state index in [2.05, 4.69) is 10.3 Å². The summed E-state index contributed by atoms with van der Waals surface area (Å²) in [6, 6.07) is -0.141. The van der Waals surface area contributed by atoms with Gasteiger partial charge in [-0.25, -0.2) is 14.6 Å². The number of aromatic nitrogens is 2. The number of carbonyl (C=O) groups is 2. The van der Waals surface area contributed by atoms with Gasteiger partial charge in [0.15, 0.2) is 5.16 Å². The molecule has 2 aliphatic heterocycles. The lowest BCUT2D eigenvalue weighted by molar-refractivity contribution is 0.127. The molecule has 0 aliphatic carbocycles. The van der Waals surface area contributed by atoms with Crippen molar-refractivity contribution in [1.29, 1.82) is 0 Å². The number of piperazine rings is 1. The summed E-state index contributed by atoms with van der Waals surface area (Å²) in [5.74, 6) is 0. The van der Waals surface area contributed by atoms with Crippen LogP contribution >= 0.6 is 11.8 Å². The smallest absolute Gasteiger partial charge is 0.410 e. The number of amides is 3. The van der Waals surface area contributed by atoms with Crippen molar-refractivity contribution in [3.8, 4) is 0 Å². The van der Waals surface area contributed by atoms with E-state index in [-0.39, 0.29) is 18.2 Å². The third-order valence-corrected chi connectivity index (χ3v) is 4.79. The van der Waals surface area contributed by atoms with Gasteiger partial charge in [-0.3, -0.25) is 4.90 Å². The van der Waals surface area contributed by atoms with Crippen LogP contribution in [0.3, 0.4) is 0 Å². The van der Waals surface area contributed by atoms with Gasteiger partial charge in [-0.1, -0.05) is 11.8 Å². The van der Waals surface area contributed by atoms with Crippen molar-refractivity contribution in [2.45, 2.75) is 17.7 Å². The summed E-state index contributed by atoms with van der Waals surface area (Å²) in [5.41, 5.74) is 0.954. The fraction of sp³-hybridized carbons (Fsp3) is 0.615. The summed E-state index contributed by atoms with van der Waals surface area (Å²) in [7, 11) is 1.93. The molecule has 120 valence electrons. The van der Waals surface area contributed by atoms with Crippen molar-refractivity contribution in [2.24, 2.45) is 7.05 Å². The van der Waals surface area contributed by atoms with Crippen LogP contribution in [0.4, 0.5) is 9.59 Å². The topological polar surface area (TPSA) is 79.7 Å². The summed E-state index contributed by atoms with van der Waals surface area (Å²) < 4.78 is 6.97. The van der Waals surface area contributed by atoms with E-state index in [4.69, 9.17) is 4.74 Å². The summed E-state index contributed by atoms with van der Waals surface area (Å²) in [5, 5.41) is 3.83. The van der Waals surface area contributed by atoms with Gasteiger partial charge in [-0.15, -0.1) is 0 Å². The molecule has 9 heteroatoms. The molecule has 3 rings (SSSR count). The van der Waals surface area contributed by atoms with Gasteiger partial charge in [0.1, 0.15) is 6.61 Å². The van der Waals surface area contributed by atoms with Crippen molar-refractivity contribution in [3.05, 3.63) is 11.9 Å². The number of thioether (sulfide) groups is 1. The molecular formula is C13H19N5O3S. The van der Waals surface area contributed by atoms with Gasteiger partial charge >= 0.3 is 12.1 Å². The summed E-state index contributed by atoms with van der Waals surface area (Å²) in [6.07, 6.45) is 3.47. The Morgan fingerprint density at radius 3 is 3.09 bits per heavy atom. The highest BCUT2D eigenvalue weighted by molar-refractivity contribution is 7.98. The minimum Gasteiger partial charge on any atom is -0.447 e. The maximum absolute atomic E-state index is 12.3. The maximum Gasteiger partial charge on any atom is 0.410 e. The van der Waals surface area contributed by atoms with Crippen molar-refractivity contribution in [2.75, 3.05) is 32.5 Å². The van der Waals surface area contributed by atoms with Gasteiger partial charge in [-0.2, -0.15) is 0 Å². The zero-order valence-corrected chi connectivity index (χ0v) is 13.4. The number of cyclic esters (lactones) is 1. The quantitative estimate of drug-likeness (QED) is 0.818. The maximum atomic E-state index is 12.3. The first-order valence-corrected chi connectivity index (χ1v) is 8.33. The van der Waals surface area contributed by atoms with Crippen molar-refractivity contribution < 1.29 is 14.3 Å². The number of urea groups is 1. The molecule has 2 fully saturated rings. The molecule has 22 heavy (non-hydrogen) atoms. The number of nitrogens with one attached hydrogen (secondary N) is 1.